The monoisotopic (exact) mass is 403 g/mol. The quantitative estimate of drug-likeness (QED) is 0.575. The summed E-state index contributed by atoms with van der Waals surface area (Å²) in [6.07, 6.45) is -2.91. The molecule has 0 saturated heterocycles. The van der Waals surface area contributed by atoms with Gasteiger partial charge in [-0.15, -0.1) is 0 Å². The van der Waals surface area contributed by atoms with Crippen LogP contribution in [0.15, 0.2) is 48.5 Å². The van der Waals surface area contributed by atoms with Crippen LogP contribution in [0.2, 0.25) is 0 Å². The molecule has 152 valence electrons. The number of alkyl halides is 3. The molecule has 2 aromatic carbocycles. The number of fused-ring (bicyclic) bond motifs is 3. The SMILES string of the molecule is O=C1c2nc3ccccc3n2CCN1CCCCOc1ccc(C(F)(F)F)cc1. The molecular weight excluding hydrogens is 383 g/mol. The lowest BCUT2D eigenvalue weighted by molar-refractivity contribution is -0.137. The van der Waals surface area contributed by atoms with Crippen LogP contribution >= 0.6 is 0 Å². The highest BCUT2D eigenvalue weighted by molar-refractivity contribution is 5.95. The van der Waals surface area contributed by atoms with E-state index in [4.69, 9.17) is 4.74 Å². The van der Waals surface area contributed by atoms with E-state index >= 15 is 0 Å². The van der Waals surface area contributed by atoms with Gasteiger partial charge in [0.05, 0.1) is 23.2 Å². The molecule has 1 amide bonds. The van der Waals surface area contributed by atoms with Crippen molar-refractivity contribution in [1.82, 2.24) is 14.5 Å². The molecule has 29 heavy (non-hydrogen) atoms. The molecule has 2 heterocycles. The van der Waals surface area contributed by atoms with Crippen molar-refractivity contribution in [3.05, 3.63) is 59.9 Å². The van der Waals surface area contributed by atoms with Crippen molar-refractivity contribution in [2.75, 3.05) is 19.7 Å². The first-order valence-corrected chi connectivity index (χ1v) is 9.48. The van der Waals surface area contributed by atoms with Gasteiger partial charge in [-0.1, -0.05) is 12.1 Å². The zero-order chi connectivity index (χ0) is 20.4. The number of aromatic nitrogens is 2. The molecule has 0 radical (unpaired) electrons. The molecule has 4 rings (SSSR count). The minimum atomic E-state index is -4.35. The third kappa shape index (κ3) is 4.06. The van der Waals surface area contributed by atoms with E-state index in [0.717, 1.165) is 29.6 Å². The molecular formula is C21H20F3N3O2. The van der Waals surface area contributed by atoms with E-state index in [-0.39, 0.29) is 5.91 Å². The van der Waals surface area contributed by atoms with Crippen molar-refractivity contribution in [1.29, 1.82) is 0 Å². The number of nitrogens with zero attached hydrogens (tertiary/aromatic N) is 3. The Morgan fingerprint density at radius 3 is 2.52 bits per heavy atom. The minimum Gasteiger partial charge on any atom is -0.494 e. The Bertz CT molecular complexity index is 1010. The van der Waals surface area contributed by atoms with E-state index < -0.39 is 11.7 Å². The highest BCUT2D eigenvalue weighted by Gasteiger charge is 2.30. The number of carbonyl (C=O) groups is 1. The van der Waals surface area contributed by atoms with Crippen LogP contribution in [0.1, 0.15) is 29.0 Å². The van der Waals surface area contributed by atoms with Gasteiger partial charge in [-0.3, -0.25) is 4.79 Å². The topological polar surface area (TPSA) is 47.4 Å². The summed E-state index contributed by atoms with van der Waals surface area (Å²) in [5, 5.41) is 0. The number of halogens is 3. The predicted molar refractivity (Wildman–Crippen MR) is 102 cm³/mol. The third-order valence-corrected chi connectivity index (χ3v) is 5.00. The Balaban J connectivity index is 1.26. The number of imidazole rings is 1. The second-order valence-corrected chi connectivity index (χ2v) is 6.95. The first kappa shape index (κ1) is 19.3. The fourth-order valence-electron chi connectivity index (χ4n) is 3.48. The van der Waals surface area contributed by atoms with Crippen LogP contribution < -0.4 is 4.74 Å². The fourth-order valence-corrected chi connectivity index (χ4v) is 3.48. The molecule has 0 atom stereocenters. The molecule has 1 aromatic heterocycles. The number of hydrogen-bond acceptors (Lipinski definition) is 3. The molecule has 0 unspecified atom stereocenters. The molecule has 0 aliphatic carbocycles. The molecule has 0 saturated carbocycles. The van der Waals surface area contributed by atoms with E-state index in [1.165, 1.54) is 12.1 Å². The Morgan fingerprint density at radius 2 is 1.76 bits per heavy atom. The number of para-hydroxylation sites is 2. The van der Waals surface area contributed by atoms with Crippen LogP contribution in [0.3, 0.4) is 0 Å². The largest absolute Gasteiger partial charge is 0.494 e. The summed E-state index contributed by atoms with van der Waals surface area (Å²) in [6, 6.07) is 12.4. The lowest BCUT2D eigenvalue weighted by Gasteiger charge is -2.27. The number of hydrogen-bond donors (Lipinski definition) is 0. The van der Waals surface area contributed by atoms with Crippen molar-refractivity contribution in [3.8, 4) is 5.75 Å². The summed E-state index contributed by atoms with van der Waals surface area (Å²) in [6.45, 7) is 2.32. The number of carbonyl (C=O) groups excluding carboxylic acids is 1. The van der Waals surface area contributed by atoms with Gasteiger partial charge in [-0.2, -0.15) is 13.2 Å². The number of amides is 1. The van der Waals surface area contributed by atoms with E-state index in [1.54, 1.807) is 4.90 Å². The Labute approximate surface area is 165 Å². The maximum atomic E-state index is 12.7. The van der Waals surface area contributed by atoms with Crippen LogP contribution in [-0.2, 0) is 12.7 Å². The fraction of sp³-hybridized carbons (Fsp3) is 0.333. The number of benzene rings is 2. The lowest BCUT2D eigenvalue weighted by atomic mass is 10.2. The van der Waals surface area contributed by atoms with Crippen LogP contribution in [0.5, 0.6) is 5.75 Å². The summed E-state index contributed by atoms with van der Waals surface area (Å²) in [5.74, 6) is 0.801. The van der Waals surface area contributed by atoms with Gasteiger partial charge in [0.25, 0.3) is 5.91 Å². The Kier molecular flexibility index (Phi) is 5.17. The average Bonchev–Trinajstić information content (AvgIpc) is 3.09. The molecule has 0 N–H and O–H groups in total. The highest BCUT2D eigenvalue weighted by Crippen LogP contribution is 2.30. The second-order valence-electron chi connectivity index (χ2n) is 6.95. The van der Waals surface area contributed by atoms with Crippen molar-refractivity contribution in [2.24, 2.45) is 0 Å². The second kappa shape index (κ2) is 7.77. The average molecular weight is 403 g/mol. The van der Waals surface area contributed by atoms with Gasteiger partial charge in [0.1, 0.15) is 5.75 Å². The molecule has 1 aliphatic rings. The Morgan fingerprint density at radius 1 is 1.00 bits per heavy atom. The van der Waals surface area contributed by atoms with Crippen molar-refractivity contribution in [2.45, 2.75) is 25.6 Å². The summed E-state index contributed by atoms with van der Waals surface area (Å²) >= 11 is 0. The molecule has 0 fully saturated rings. The van der Waals surface area contributed by atoms with Crippen LogP contribution in [-0.4, -0.2) is 40.1 Å². The van der Waals surface area contributed by atoms with Gasteiger partial charge < -0.3 is 14.2 Å². The molecule has 0 bridgehead atoms. The van der Waals surface area contributed by atoms with Gasteiger partial charge in [-0.05, 0) is 49.2 Å². The summed E-state index contributed by atoms with van der Waals surface area (Å²) in [7, 11) is 0. The Hall–Kier alpha value is -3.03. The van der Waals surface area contributed by atoms with Crippen molar-refractivity contribution in [3.63, 3.8) is 0 Å². The van der Waals surface area contributed by atoms with Gasteiger partial charge in [0.2, 0.25) is 0 Å². The van der Waals surface area contributed by atoms with E-state index in [2.05, 4.69) is 4.98 Å². The third-order valence-electron chi connectivity index (χ3n) is 5.00. The maximum Gasteiger partial charge on any atom is 0.416 e. The molecule has 5 nitrogen and oxygen atoms in total. The smallest absolute Gasteiger partial charge is 0.416 e. The van der Waals surface area contributed by atoms with Crippen molar-refractivity contribution < 1.29 is 22.7 Å². The van der Waals surface area contributed by atoms with Gasteiger partial charge in [0.15, 0.2) is 5.82 Å². The normalized spacial score (nSPS) is 14.3. The number of rotatable bonds is 6. The molecule has 8 heteroatoms. The maximum absolute atomic E-state index is 12.7. The van der Waals surface area contributed by atoms with Gasteiger partial charge in [0, 0.05) is 19.6 Å². The zero-order valence-electron chi connectivity index (χ0n) is 15.7. The number of unbranched alkanes of at least 4 members (excludes halogenated alkanes) is 1. The lowest BCUT2D eigenvalue weighted by Crippen LogP contribution is -2.41. The molecule has 1 aliphatic heterocycles. The van der Waals surface area contributed by atoms with E-state index in [1.807, 2.05) is 28.8 Å². The van der Waals surface area contributed by atoms with Gasteiger partial charge >= 0.3 is 6.18 Å². The predicted octanol–water partition coefficient (Wildman–Crippen LogP) is 4.37. The van der Waals surface area contributed by atoms with Crippen LogP contribution in [0, 0.1) is 0 Å². The van der Waals surface area contributed by atoms with Gasteiger partial charge in [-0.25, -0.2) is 4.98 Å². The first-order chi connectivity index (χ1) is 13.9. The van der Waals surface area contributed by atoms with E-state index in [9.17, 15) is 18.0 Å². The van der Waals surface area contributed by atoms with Crippen LogP contribution in [0.25, 0.3) is 11.0 Å². The van der Waals surface area contributed by atoms with E-state index in [0.29, 0.717) is 44.2 Å². The molecule has 3 aromatic rings. The zero-order valence-corrected chi connectivity index (χ0v) is 15.7. The highest BCUT2D eigenvalue weighted by atomic mass is 19.4. The summed E-state index contributed by atoms with van der Waals surface area (Å²) in [5.41, 5.74) is 1.10. The number of ether oxygens (including phenoxy) is 1. The minimum absolute atomic E-state index is 0.0730. The van der Waals surface area contributed by atoms with Crippen molar-refractivity contribution >= 4 is 16.9 Å². The standard InChI is InChI=1S/C21H20F3N3O2/c22-21(23,24)15-7-9-16(10-8-15)29-14-4-3-11-26-12-13-27-18-6-2-1-5-17(18)25-19(27)20(26)28/h1-2,5-10H,3-4,11-14H2. The van der Waals surface area contributed by atoms with Crippen LogP contribution in [0.4, 0.5) is 13.2 Å². The summed E-state index contributed by atoms with van der Waals surface area (Å²) < 4.78 is 45.1. The summed E-state index contributed by atoms with van der Waals surface area (Å²) in [4.78, 5) is 19.0. The first-order valence-electron chi connectivity index (χ1n) is 9.48. The molecule has 0 spiro atoms.